The van der Waals surface area contributed by atoms with Crippen LogP contribution in [0.3, 0.4) is 0 Å². The van der Waals surface area contributed by atoms with E-state index in [2.05, 4.69) is 25.9 Å². The fourth-order valence-corrected chi connectivity index (χ4v) is 2.22. The molecule has 0 aliphatic heterocycles. The summed E-state index contributed by atoms with van der Waals surface area (Å²) in [5, 5.41) is 0. The highest BCUT2D eigenvalue weighted by atomic mass is 79.9. The van der Waals surface area contributed by atoms with Crippen molar-refractivity contribution < 1.29 is 4.39 Å². The van der Waals surface area contributed by atoms with Crippen LogP contribution in [0.2, 0.25) is 0 Å². The van der Waals surface area contributed by atoms with Gasteiger partial charge in [-0.05, 0) is 31.5 Å². The monoisotopic (exact) mass is 323 g/mol. The number of rotatable bonds is 3. The van der Waals surface area contributed by atoms with Gasteiger partial charge in [-0.1, -0.05) is 22.9 Å². The molecule has 19 heavy (non-hydrogen) atoms. The van der Waals surface area contributed by atoms with E-state index in [1.54, 1.807) is 19.1 Å². The van der Waals surface area contributed by atoms with Gasteiger partial charge < -0.3 is 5.73 Å². The first-order valence-electron chi connectivity index (χ1n) is 6.11. The zero-order chi connectivity index (χ0) is 14.0. The number of nitrogens with zero attached hydrogens (tertiary/aromatic N) is 2. The van der Waals surface area contributed by atoms with Crippen LogP contribution in [0, 0.1) is 12.7 Å². The molecule has 1 aromatic carbocycles. The summed E-state index contributed by atoms with van der Waals surface area (Å²) >= 11 is 3.34. The van der Waals surface area contributed by atoms with Crippen molar-refractivity contribution in [2.24, 2.45) is 0 Å². The van der Waals surface area contributed by atoms with Gasteiger partial charge in [0, 0.05) is 22.0 Å². The number of aromatic nitrogens is 2. The minimum Gasteiger partial charge on any atom is -0.383 e. The molecule has 1 aromatic heterocycles. The number of hydrogen-bond donors (Lipinski definition) is 1. The van der Waals surface area contributed by atoms with Gasteiger partial charge in [0.2, 0.25) is 0 Å². The number of benzene rings is 1. The van der Waals surface area contributed by atoms with E-state index in [4.69, 9.17) is 5.73 Å². The molecule has 0 fully saturated rings. The zero-order valence-corrected chi connectivity index (χ0v) is 12.5. The van der Waals surface area contributed by atoms with Crippen LogP contribution in [-0.4, -0.2) is 9.97 Å². The van der Waals surface area contributed by atoms with Crippen molar-refractivity contribution in [3.05, 3.63) is 39.9 Å². The van der Waals surface area contributed by atoms with Gasteiger partial charge in [0.1, 0.15) is 17.5 Å². The molecule has 2 aromatic rings. The van der Waals surface area contributed by atoms with Gasteiger partial charge in [-0.2, -0.15) is 0 Å². The number of halogens is 2. The highest BCUT2D eigenvalue weighted by Gasteiger charge is 2.14. The largest absolute Gasteiger partial charge is 0.383 e. The fraction of sp³-hybridized carbons (Fsp3) is 0.286. The molecule has 100 valence electrons. The average Bonchev–Trinajstić information content (AvgIpc) is 2.37. The second-order valence-electron chi connectivity index (χ2n) is 4.37. The molecular weight excluding hydrogens is 309 g/mol. The number of aryl methyl sites for hydroxylation is 1. The Morgan fingerprint density at radius 2 is 2.05 bits per heavy atom. The molecule has 0 aliphatic rings. The van der Waals surface area contributed by atoms with Crippen LogP contribution in [0.1, 0.15) is 24.7 Å². The molecule has 5 heteroatoms. The van der Waals surface area contributed by atoms with E-state index in [1.807, 2.05) is 6.92 Å². The minimum absolute atomic E-state index is 0.313. The second kappa shape index (κ2) is 5.65. The first-order valence-corrected chi connectivity index (χ1v) is 6.90. The summed E-state index contributed by atoms with van der Waals surface area (Å²) in [6.45, 7) is 3.85. The predicted molar refractivity (Wildman–Crippen MR) is 78.3 cm³/mol. The summed E-state index contributed by atoms with van der Waals surface area (Å²) in [5.74, 6) is 0.750. The smallest absolute Gasteiger partial charge is 0.132 e. The van der Waals surface area contributed by atoms with Crippen molar-refractivity contribution in [1.82, 2.24) is 9.97 Å². The van der Waals surface area contributed by atoms with Crippen molar-refractivity contribution in [3.63, 3.8) is 0 Å². The van der Waals surface area contributed by atoms with Gasteiger partial charge in [0.15, 0.2) is 0 Å². The molecule has 0 saturated heterocycles. The maximum absolute atomic E-state index is 14.0. The first kappa shape index (κ1) is 13.9. The molecule has 0 aliphatic carbocycles. The lowest BCUT2D eigenvalue weighted by atomic mass is 10.1. The number of nitrogen functional groups attached to an aromatic ring is 1. The van der Waals surface area contributed by atoms with E-state index in [-0.39, 0.29) is 5.82 Å². The Hall–Kier alpha value is -1.49. The van der Waals surface area contributed by atoms with E-state index in [0.717, 1.165) is 17.3 Å². The predicted octanol–water partition coefficient (Wildman–Crippen LogP) is 3.89. The standard InChI is InChI=1S/C14H15BrFN3/c1-3-4-12-18-13(8(2)14(17)19-12)10-7-9(15)5-6-11(10)16/h5-7H,3-4H2,1-2H3,(H2,17,18,19). The molecule has 0 unspecified atom stereocenters. The number of anilines is 1. The molecule has 0 atom stereocenters. The average molecular weight is 324 g/mol. The molecule has 2 N–H and O–H groups in total. The van der Waals surface area contributed by atoms with E-state index < -0.39 is 0 Å². The highest BCUT2D eigenvalue weighted by molar-refractivity contribution is 9.10. The van der Waals surface area contributed by atoms with Crippen molar-refractivity contribution in [3.8, 4) is 11.3 Å². The van der Waals surface area contributed by atoms with Crippen LogP contribution in [-0.2, 0) is 6.42 Å². The van der Waals surface area contributed by atoms with Crippen LogP contribution in [0.4, 0.5) is 10.2 Å². The fourth-order valence-electron chi connectivity index (χ4n) is 1.86. The molecule has 0 amide bonds. The lowest BCUT2D eigenvalue weighted by molar-refractivity contribution is 0.630. The number of hydrogen-bond acceptors (Lipinski definition) is 3. The lowest BCUT2D eigenvalue weighted by Crippen LogP contribution is -2.05. The molecule has 0 bridgehead atoms. The Morgan fingerprint density at radius 1 is 1.32 bits per heavy atom. The second-order valence-corrected chi connectivity index (χ2v) is 5.29. The molecule has 0 spiro atoms. The summed E-state index contributed by atoms with van der Waals surface area (Å²) in [4.78, 5) is 8.68. The quantitative estimate of drug-likeness (QED) is 0.932. The summed E-state index contributed by atoms with van der Waals surface area (Å²) in [6.07, 6.45) is 1.65. The maximum Gasteiger partial charge on any atom is 0.132 e. The first-order chi connectivity index (χ1) is 9.02. The third-order valence-corrected chi connectivity index (χ3v) is 3.38. The maximum atomic E-state index is 14.0. The molecule has 0 saturated carbocycles. The Bertz CT molecular complexity index is 614. The SMILES string of the molecule is CCCc1nc(N)c(C)c(-c2cc(Br)ccc2F)n1. The molecule has 1 heterocycles. The molecule has 3 nitrogen and oxygen atoms in total. The van der Waals surface area contributed by atoms with Gasteiger partial charge in [-0.3, -0.25) is 0 Å². The molecule has 2 rings (SSSR count). The third kappa shape index (κ3) is 2.92. The van der Waals surface area contributed by atoms with Crippen molar-refractivity contribution in [2.45, 2.75) is 26.7 Å². The lowest BCUT2D eigenvalue weighted by Gasteiger charge is -2.11. The highest BCUT2D eigenvalue weighted by Crippen LogP contribution is 2.29. The van der Waals surface area contributed by atoms with Crippen LogP contribution in [0.15, 0.2) is 22.7 Å². The topological polar surface area (TPSA) is 51.8 Å². The Labute approximate surface area is 120 Å². The van der Waals surface area contributed by atoms with Gasteiger partial charge >= 0.3 is 0 Å². The minimum atomic E-state index is -0.313. The normalized spacial score (nSPS) is 10.7. The van der Waals surface area contributed by atoms with Gasteiger partial charge in [0.05, 0.1) is 5.69 Å². The van der Waals surface area contributed by atoms with Crippen LogP contribution < -0.4 is 5.73 Å². The van der Waals surface area contributed by atoms with Crippen LogP contribution >= 0.6 is 15.9 Å². The number of nitrogens with two attached hydrogens (primary N) is 1. The summed E-state index contributed by atoms with van der Waals surface area (Å²) in [6, 6.07) is 4.78. The zero-order valence-electron chi connectivity index (χ0n) is 10.9. The Kier molecular flexibility index (Phi) is 4.14. The van der Waals surface area contributed by atoms with E-state index in [1.165, 1.54) is 6.07 Å². The van der Waals surface area contributed by atoms with E-state index in [0.29, 0.717) is 28.5 Å². The van der Waals surface area contributed by atoms with E-state index in [9.17, 15) is 4.39 Å². The van der Waals surface area contributed by atoms with Crippen LogP contribution in [0.5, 0.6) is 0 Å². The van der Waals surface area contributed by atoms with E-state index >= 15 is 0 Å². The van der Waals surface area contributed by atoms with Crippen molar-refractivity contribution in [2.75, 3.05) is 5.73 Å². The Morgan fingerprint density at radius 3 is 2.74 bits per heavy atom. The van der Waals surface area contributed by atoms with Crippen molar-refractivity contribution >= 4 is 21.7 Å². The van der Waals surface area contributed by atoms with Gasteiger partial charge in [-0.25, -0.2) is 14.4 Å². The summed E-state index contributed by atoms with van der Waals surface area (Å²) in [5.41, 5.74) is 7.60. The molecular formula is C14H15BrFN3. The summed E-state index contributed by atoms with van der Waals surface area (Å²) in [7, 11) is 0. The van der Waals surface area contributed by atoms with Crippen molar-refractivity contribution in [1.29, 1.82) is 0 Å². The molecule has 0 radical (unpaired) electrons. The summed E-state index contributed by atoms with van der Waals surface area (Å²) < 4.78 is 14.8. The van der Waals surface area contributed by atoms with Crippen LogP contribution in [0.25, 0.3) is 11.3 Å². The Balaban J connectivity index is 2.63. The van der Waals surface area contributed by atoms with Gasteiger partial charge in [-0.15, -0.1) is 0 Å². The van der Waals surface area contributed by atoms with Gasteiger partial charge in [0.25, 0.3) is 0 Å². The third-order valence-electron chi connectivity index (χ3n) is 2.89.